The molecule has 1 aromatic rings. The molecule has 1 saturated heterocycles. The molecule has 1 unspecified atom stereocenters. The van der Waals surface area contributed by atoms with Gasteiger partial charge in [0, 0.05) is 28.9 Å². The fraction of sp³-hybridized carbons (Fsp3) is 0.688. The maximum absolute atomic E-state index is 4.70. The van der Waals surface area contributed by atoms with E-state index in [2.05, 4.69) is 48.6 Å². The van der Waals surface area contributed by atoms with Gasteiger partial charge in [-0.1, -0.05) is 6.92 Å². The third-order valence-corrected chi connectivity index (χ3v) is 5.19. The predicted molar refractivity (Wildman–Crippen MR) is 108 cm³/mol. The lowest BCUT2D eigenvalue weighted by atomic mass is 10.2. The Morgan fingerprint density at radius 3 is 2.68 bits per heavy atom. The van der Waals surface area contributed by atoms with Gasteiger partial charge >= 0.3 is 0 Å². The largest absolute Gasteiger partial charge is 0.357 e. The summed E-state index contributed by atoms with van der Waals surface area (Å²) in [5.41, 5.74) is 0. The smallest absolute Gasteiger partial charge is 0.191 e. The van der Waals surface area contributed by atoms with Crippen molar-refractivity contribution in [3.63, 3.8) is 0 Å². The van der Waals surface area contributed by atoms with Crippen LogP contribution in [0.1, 0.15) is 36.4 Å². The molecule has 4 nitrogen and oxygen atoms in total. The minimum atomic E-state index is 0. The molecule has 2 heterocycles. The lowest BCUT2D eigenvalue weighted by Crippen LogP contribution is -2.43. The third kappa shape index (κ3) is 6.04. The molecule has 0 radical (unpaired) electrons. The van der Waals surface area contributed by atoms with E-state index in [4.69, 9.17) is 4.99 Å². The van der Waals surface area contributed by atoms with E-state index in [1.165, 1.54) is 29.1 Å². The van der Waals surface area contributed by atoms with Gasteiger partial charge in [-0.05, 0) is 51.9 Å². The van der Waals surface area contributed by atoms with Gasteiger partial charge in [0.05, 0.1) is 6.54 Å². The second-order valence-electron chi connectivity index (χ2n) is 5.57. The monoisotopic (exact) mass is 436 g/mol. The van der Waals surface area contributed by atoms with E-state index in [0.717, 1.165) is 32.0 Å². The molecule has 1 aromatic heterocycles. The Morgan fingerprint density at radius 2 is 2.09 bits per heavy atom. The number of nitrogens with one attached hydrogen (secondary N) is 2. The highest BCUT2D eigenvalue weighted by Gasteiger charge is 2.20. The van der Waals surface area contributed by atoms with Crippen LogP contribution in [-0.2, 0) is 13.0 Å². The number of guanidine groups is 1. The summed E-state index contributed by atoms with van der Waals surface area (Å²) in [6, 6.07) is 5.05. The maximum Gasteiger partial charge on any atom is 0.191 e. The van der Waals surface area contributed by atoms with Gasteiger partial charge in [-0.25, -0.2) is 4.99 Å². The fourth-order valence-electron chi connectivity index (χ4n) is 2.65. The van der Waals surface area contributed by atoms with Gasteiger partial charge in [-0.3, -0.25) is 0 Å². The number of thiophene rings is 1. The second kappa shape index (κ2) is 10.4. The third-order valence-electron chi connectivity index (χ3n) is 3.98. The first-order valence-corrected chi connectivity index (χ1v) is 8.84. The Morgan fingerprint density at radius 1 is 1.32 bits per heavy atom. The highest BCUT2D eigenvalue weighted by molar-refractivity contribution is 14.0. The number of likely N-dealkylation sites (tertiary alicyclic amines) is 1. The van der Waals surface area contributed by atoms with E-state index in [1.54, 1.807) is 0 Å². The molecule has 1 fully saturated rings. The molecule has 2 N–H and O–H groups in total. The Kier molecular flexibility index (Phi) is 9.35. The van der Waals surface area contributed by atoms with Gasteiger partial charge in [0.15, 0.2) is 5.96 Å². The molecule has 22 heavy (non-hydrogen) atoms. The van der Waals surface area contributed by atoms with Gasteiger partial charge in [0.1, 0.15) is 0 Å². The van der Waals surface area contributed by atoms with Crippen molar-refractivity contribution in [3.8, 4) is 0 Å². The molecule has 1 atom stereocenters. The van der Waals surface area contributed by atoms with Crippen LogP contribution in [0.4, 0.5) is 0 Å². The summed E-state index contributed by atoms with van der Waals surface area (Å²) in [4.78, 5) is 9.91. The highest BCUT2D eigenvalue weighted by Crippen LogP contribution is 2.17. The fourth-order valence-corrected chi connectivity index (χ4v) is 3.53. The van der Waals surface area contributed by atoms with Crippen molar-refractivity contribution in [2.45, 2.75) is 45.7 Å². The zero-order valence-corrected chi connectivity index (χ0v) is 17.0. The van der Waals surface area contributed by atoms with Crippen LogP contribution >= 0.6 is 35.3 Å². The second-order valence-corrected chi connectivity index (χ2v) is 6.83. The van der Waals surface area contributed by atoms with Crippen molar-refractivity contribution in [1.29, 1.82) is 0 Å². The van der Waals surface area contributed by atoms with Gasteiger partial charge in [0.2, 0.25) is 0 Å². The van der Waals surface area contributed by atoms with Crippen LogP contribution in [0.15, 0.2) is 17.1 Å². The molecule has 0 aromatic carbocycles. The van der Waals surface area contributed by atoms with E-state index in [9.17, 15) is 0 Å². The Hall–Kier alpha value is -0.340. The first-order chi connectivity index (χ1) is 10.2. The quantitative estimate of drug-likeness (QED) is 0.409. The Balaban J connectivity index is 0.00000242. The maximum atomic E-state index is 4.70. The Bertz CT molecular complexity index is 461. The standard InChI is InChI=1S/C16H28N4S.HI/c1-4-14-8-9-15(21-14)12-19-16(17-5-2)18-11-13-7-6-10-20(13)3;/h8-9,13H,4-7,10-12H2,1-3H3,(H2,17,18,19);1H. The van der Waals surface area contributed by atoms with E-state index >= 15 is 0 Å². The van der Waals surface area contributed by atoms with Gasteiger partial charge in [0.25, 0.3) is 0 Å². The molecule has 0 amide bonds. The van der Waals surface area contributed by atoms with Gasteiger partial charge in [-0.15, -0.1) is 35.3 Å². The molecule has 0 bridgehead atoms. The molecule has 1 aliphatic rings. The minimum absolute atomic E-state index is 0. The van der Waals surface area contributed by atoms with E-state index in [0.29, 0.717) is 6.04 Å². The number of nitrogens with zero attached hydrogens (tertiary/aromatic N) is 2. The summed E-state index contributed by atoms with van der Waals surface area (Å²) < 4.78 is 0. The SMILES string of the molecule is CCNC(=NCc1ccc(CC)s1)NCC1CCCN1C.I. The normalized spacial score (nSPS) is 19.0. The van der Waals surface area contributed by atoms with Crippen LogP contribution in [0, 0.1) is 0 Å². The number of aryl methyl sites for hydroxylation is 1. The summed E-state index contributed by atoms with van der Waals surface area (Å²) in [6.07, 6.45) is 3.71. The average Bonchev–Trinajstić information content (AvgIpc) is 3.11. The van der Waals surface area contributed by atoms with E-state index in [-0.39, 0.29) is 24.0 Å². The molecular formula is C16H29IN4S. The molecular weight excluding hydrogens is 407 g/mol. The van der Waals surface area contributed by atoms with Crippen LogP contribution in [0.3, 0.4) is 0 Å². The van der Waals surface area contributed by atoms with Crippen molar-refractivity contribution in [2.24, 2.45) is 4.99 Å². The van der Waals surface area contributed by atoms with Crippen molar-refractivity contribution >= 4 is 41.3 Å². The molecule has 1 aliphatic heterocycles. The molecule has 0 spiro atoms. The lowest BCUT2D eigenvalue weighted by molar-refractivity contribution is 0.309. The summed E-state index contributed by atoms with van der Waals surface area (Å²) in [5, 5.41) is 6.82. The van der Waals surface area contributed by atoms with E-state index in [1.807, 2.05) is 11.3 Å². The number of likely N-dealkylation sites (N-methyl/N-ethyl adjacent to an activating group) is 1. The number of aliphatic imine (C=N–C) groups is 1. The van der Waals surface area contributed by atoms with Gasteiger partial charge in [-0.2, -0.15) is 0 Å². The van der Waals surface area contributed by atoms with Crippen LogP contribution in [0.5, 0.6) is 0 Å². The molecule has 2 rings (SSSR count). The number of rotatable bonds is 6. The summed E-state index contributed by atoms with van der Waals surface area (Å²) in [7, 11) is 2.21. The number of hydrogen-bond donors (Lipinski definition) is 2. The van der Waals surface area contributed by atoms with Crippen LogP contribution in [-0.4, -0.2) is 43.6 Å². The zero-order valence-electron chi connectivity index (χ0n) is 13.9. The summed E-state index contributed by atoms with van der Waals surface area (Å²) >= 11 is 1.87. The van der Waals surface area contributed by atoms with Crippen LogP contribution < -0.4 is 10.6 Å². The van der Waals surface area contributed by atoms with Crippen LogP contribution in [0.25, 0.3) is 0 Å². The molecule has 0 saturated carbocycles. The minimum Gasteiger partial charge on any atom is -0.357 e. The lowest BCUT2D eigenvalue weighted by Gasteiger charge is -2.21. The zero-order chi connectivity index (χ0) is 15.1. The first-order valence-electron chi connectivity index (χ1n) is 8.03. The highest BCUT2D eigenvalue weighted by atomic mass is 127. The average molecular weight is 436 g/mol. The Labute approximate surface area is 155 Å². The molecule has 126 valence electrons. The summed E-state index contributed by atoms with van der Waals surface area (Å²) in [6.45, 7) is 8.17. The number of hydrogen-bond acceptors (Lipinski definition) is 3. The summed E-state index contributed by atoms with van der Waals surface area (Å²) in [5.74, 6) is 0.934. The van der Waals surface area contributed by atoms with Crippen molar-refractivity contribution in [1.82, 2.24) is 15.5 Å². The van der Waals surface area contributed by atoms with Crippen molar-refractivity contribution < 1.29 is 0 Å². The molecule has 6 heteroatoms. The van der Waals surface area contributed by atoms with Gasteiger partial charge < -0.3 is 15.5 Å². The van der Waals surface area contributed by atoms with Crippen LogP contribution in [0.2, 0.25) is 0 Å². The first kappa shape index (κ1) is 19.7. The predicted octanol–water partition coefficient (Wildman–Crippen LogP) is 3.08. The van der Waals surface area contributed by atoms with E-state index < -0.39 is 0 Å². The number of halogens is 1. The molecule has 0 aliphatic carbocycles. The van der Waals surface area contributed by atoms with Crippen molar-refractivity contribution in [3.05, 3.63) is 21.9 Å². The topological polar surface area (TPSA) is 39.7 Å². The van der Waals surface area contributed by atoms with Crippen molar-refractivity contribution in [2.75, 3.05) is 26.7 Å².